The molecule has 0 atom stereocenters. The van der Waals surface area contributed by atoms with Gasteiger partial charge >= 0.3 is 0 Å². The van der Waals surface area contributed by atoms with Crippen molar-refractivity contribution >= 4 is 5.91 Å². The van der Waals surface area contributed by atoms with E-state index in [0.717, 1.165) is 5.69 Å². The van der Waals surface area contributed by atoms with Gasteiger partial charge in [-0.1, -0.05) is 0 Å². The van der Waals surface area contributed by atoms with Gasteiger partial charge in [0.1, 0.15) is 0 Å². The normalized spacial score (nSPS) is 9.58. The summed E-state index contributed by atoms with van der Waals surface area (Å²) < 4.78 is 0. The maximum absolute atomic E-state index is 11.3. The van der Waals surface area contributed by atoms with Gasteiger partial charge in [-0.3, -0.25) is 4.79 Å². The molecule has 0 aliphatic carbocycles. The number of nitrogens with zero attached hydrogens (tertiary/aromatic N) is 3. The van der Waals surface area contributed by atoms with Crippen molar-refractivity contribution in [2.24, 2.45) is 0 Å². The number of carbonyl (C=O) groups is 1. The lowest BCUT2D eigenvalue weighted by Crippen LogP contribution is -2.23. The Labute approximate surface area is 71.2 Å². The van der Waals surface area contributed by atoms with Gasteiger partial charge in [0, 0.05) is 14.1 Å². The van der Waals surface area contributed by atoms with Gasteiger partial charge in [-0.25, -0.2) is 0 Å². The summed E-state index contributed by atoms with van der Waals surface area (Å²) in [6.07, 6.45) is 0. The third-order valence-corrected chi connectivity index (χ3v) is 1.42. The fraction of sp³-hybridized carbons (Fsp3) is 0.375. The van der Waals surface area contributed by atoms with Gasteiger partial charge in [-0.15, -0.1) is 5.10 Å². The van der Waals surface area contributed by atoms with Gasteiger partial charge in [0.15, 0.2) is 5.69 Å². The molecule has 0 saturated heterocycles. The largest absolute Gasteiger partial charge is 0.343 e. The number of hydrogen-bond donors (Lipinski definition) is 0. The van der Waals surface area contributed by atoms with Gasteiger partial charge < -0.3 is 4.90 Å². The molecule has 0 aliphatic heterocycles. The fourth-order valence-corrected chi connectivity index (χ4v) is 0.742. The molecule has 1 heterocycles. The lowest BCUT2D eigenvalue weighted by Gasteiger charge is -2.07. The van der Waals surface area contributed by atoms with E-state index in [4.69, 9.17) is 0 Å². The minimum absolute atomic E-state index is 0.123. The predicted octanol–water partition coefficient (Wildman–Crippen LogP) is 0.487. The highest BCUT2D eigenvalue weighted by Gasteiger charge is 2.08. The summed E-state index contributed by atoms with van der Waals surface area (Å²) in [4.78, 5) is 12.8. The van der Waals surface area contributed by atoms with E-state index in [-0.39, 0.29) is 5.91 Å². The van der Waals surface area contributed by atoms with Crippen LogP contribution in [0.1, 0.15) is 16.2 Å². The van der Waals surface area contributed by atoms with E-state index in [9.17, 15) is 4.79 Å². The minimum Gasteiger partial charge on any atom is -0.343 e. The van der Waals surface area contributed by atoms with Crippen molar-refractivity contribution in [3.63, 3.8) is 0 Å². The zero-order valence-corrected chi connectivity index (χ0v) is 7.40. The Morgan fingerprint density at radius 2 is 2.00 bits per heavy atom. The number of aromatic nitrogens is 2. The van der Waals surface area contributed by atoms with Gasteiger partial charge in [-0.05, 0) is 19.1 Å². The van der Waals surface area contributed by atoms with Crippen LogP contribution < -0.4 is 0 Å². The van der Waals surface area contributed by atoms with E-state index < -0.39 is 0 Å². The zero-order chi connectivity index (χ0) is 9.14. The molecule has 0 saturated carbocycles. The number of hydrogen-bond acceptors (Lipinski definition) is 3. The summed E-state index contributed by atoms with van der Waals surface area (Å²) >= 11 is 0. The first-order valence-electron chi connectivity index (χ1n) is 3.63. The first-order valence-corrected chi connectivity index (χ1v) is 3.63. The van der Waals surface area contributed by atoms with Crippen LogP contribution in [0, 0.1) is 6.92 Å². The predicted molar refractivity (Wildman–Crippen MR) is 44.8 cm³/mol. The lowest BCUT2D eigenvalue weighted by molar-refractivity contribution is 0.0821. The minimum atomic E-state index is -0.123. The fourth-order valence-electron chi connectivity index (χ4n) is 0.742. The number of amides is 1. The number of aryl methyl sites for hydroxylation is 1. The second-order valence-electron chi connectivity index (χ2n) is 2.76. The van der Waals surface area contributed by atoms with E-state index in [0.29, 0.717) is 5.69 Å². The van der Waals surface area contributed by atoms with Gasteiger partial charge in [0.2, 0.25) is 0 Å². The van der Waals surface area contributed by atoms with E-state index in [1.165, 1.54) is 4.90 Å². The molecule has 12 heavy (non-hydrogen) atoms. The van der Waals surface area contributed by atoms with Gasteiger partial charge in [0.25, 0.3) is 5.91 Å². The summed E-state index contributed by atoms with van der Waals surface area (Å²) in [6.45, 7) is 1.83. The topological polar surface area (TPSA) is 46.1 Å². The van der Waals surface area contributed by atoms with Crippen LogP contribution in [0.2, 0.25) is 0 Å². The molecule has 1 amide bonds. The molecular weight excluding hydrogens is 154 g/mol. The molecule has 4 nitrogen and oxygen atoms in total. The molecule has 64 valence electrons. The smallest absolute Gasteiger partial charge is 0.273 e. The first kappa shape index (κ1) is 8.64. The van der Waals surface area contributed by atoms with E-state index >= 15 is 0 Å². The summed E-state index contributed by atoms with van der Waals surface area (Å²) in [5, 5.41) is 7.54. The molecule has 0 bridgehead atoms. The second kappa shape index (κ2) is 3.30. The van der Waals surface area contributed by atoms with Gasteiger partial charge in [-0.2, -0.15) is 5.10 Å². The maximum atomic E-state index is 11.3. The molecule has 0 spiro atoms. The van der Waals surface area contributed by atoms with Crippen molar-refractivity contribution in [3.05, 3.63) is 23.5 Å². The summed E-state index contributed by atoms with van der Waals surface area (Å²) in [5.74, 6) is -0.123. The Balaban J connectivity index is 2.90. The molecule has 0 fully saturated rings. The van der Waals surface area contributed by atoms with Crippen LogP contribution in [0.4, 0.5) is 0 Å². The van der Waals surface area contributed by atoms with E-state index in [2.05, 4.69) is 10.2 Å². The average Bonchev–Trinajstić information content (AvgIpc) is 2.04. The molecule has 1 aromatic heterocycles. The number of carbonyl (C=O) groups excluding carboxylic acids is 1. The van der Waals surface area contributed by atoms with Crippen molar-refractivity contribution in [2.45, 2.75) is 6.92 Å². The quantitative estimate of drug-likeness (QED) is 0.608. The van der Waals surface area contributed by atoms with Crippen molar-refractivity contribution in [1.29, 1.82) is 0 Å². The van der Waals surface area contributed by atoms with Crippen molar-refractivity contribution in [1.82, 2.24) is 15.1 Å². The van der Waals surface area contributed by atoms with Crippen LogP contribution in [0.5, 0.6) is 0 Å². The lowest BCUT2D eigenvalue weighted by atomic mass is 10.3. The highest BCUT2D eigenvalue weighted by Crippen LogP contribution is 1.97. The van der Waals surface area contributed by atoms with Crippen LogP contribution >= 0.6 is 0 Å². The number of rotatable bonds is 1. The zero-order valence-electron chi connectivity index (χ0n) is 7.40. The van der Waals surface area contributed by atoms with Crippen molar-refractivity contribution in [2.75, 3.05) is 14.1 Å². The van der Waals surface area contributed by atoms with Crippen molar-refractivity contribution < 1.29 is 4.79 Å². The first-order chi connectivity index (χ1) is 5.61. The molecule has 0 N–H and O–H groups in total. The SMILES string of the molecule is Cc1ccc(C(=O)N(C)C)nn1. The van der Waals surface area contributed by atoms with Crippen molar-refractivity contribution in [3.8, 4) is 0 Å². The highest BCUT2D eigenvalue weighted by atomic mass is 16.2. The Hall–Kier alpha value is -1.45. The average molecular weight is 165 g/mol. The molecule has 0 unspecified atom stereocenters. The van der Waals surface area contributed by atoms with Crippen LogP contribution in [-0.2, 0) is 0 Å². The van der Waals surface area contributed by atoms with E-state index in [1.807, 2.05) is 6.92 Å². The van der Waals surface area contributed by atoms with E-state index in [1.54, 1.807) is 26.2 Å². The van der Waals surface area contributed by atoms with Crippen LogP contribution in [0.15, 0.2) is 12.1 Å². The Bertz CT molecular complexity index is 279. The molecule has 4 heteroatoms. The molecule has 0 radical (unpaired) electrons. The summed E-state index contributed by atoms with van der Waals surface area (Å²) in [7, 11) is 3.37. The monoisotopic (exact) mass is 165 g/mol. The maximum Gasteiger partial charge on any atom is 0.273 e. The Morgan fingerprint density at radius 1 is 1.33 bits per heavy atom. The Kier molecular flexibility index (Phi) is 2.38. The summed E-state index contributed by atoms with van der Waals surface area (Å²) in [6, 6.07) is 3.44. The molecule has 0 aromatic carbocycles. The van der Waals surface area contributed by atoms with Crippen LogP contribution in [0.25, 0.3) is 0 Å². The molecular formula is C8H11N3O. The summed E-state index contributed by atoms with van der Waals surface area (Å²) in [5.41, 5.74) is 1.19. The third kappa shape index (κ3) is 1.78. The highest BCUT2D eigenvalue weighted by molar-refractivity contribution is 5.91. The van der Waals surface area contributed by atoms with Crippen LogP contribution in [-0.4, -0.2) is 35.1 Å². The van der Waals surface area contributed by atoms with Gasteiger partial charge in [0.05, 0.1) is 5.69 Å². The molecule has 0 aliphatic rings. The Morgan fingerprint density at radius 3 is 2.42 bits per heavy atom. The second-order valence-corrected chi connectivity index (χ2v) is 2.76. The van der Waals surface area contributed by atoms with Crippen LogP contribution in [0.3, 0.4) is 0 Å². The third-order valence-electron chi connectivity index (χ3n) is 1.42. The molecule has 1 rings (SSSR count). The molecule has 1 aromatic rings. The standard InChI is InChI=1S/C8H11N3O/c1-6-4-5-7(10-9-6)8(12)11(2)3/h4-5H,1-3H3.